The van der Waals surface area contributed by atoms with E-state index >= 15 is 0 Å². The van der Waals surface area contributed by atoms with Gasteiger partial charge >= 0.3 is 6.03 Å². The van der Waals surface area contributed by atoms with Crippen LogP contribution in [-0.2, 0) is 4.79 Å². The van der Waals surface area contributed by atoms with Gasteiger partial charge in [-0.05, 0) is 35.9 Å². The molecule has 1 saturated heterocycles. The third kappa shape index (κ3) is 2.71. The Balaban J connectivity index is 1.96. The summed E-state index contributed by atoms with van der Waals surface area (Å²) in [5.74, 6) is -0.429. The lowest BCUT2D eigenvalue weighted by Crippen LogP contribution is -2.30. The molecule has 110 valence electrons. The summed E-state index contributed by atoms with van der Waals surface area (Å²) in [6.07, 6.45) is 1.53. The first-order valence-electron chi connectivity index (χ1n) is 6.43. The summed E-state index contributed by atoms with van der Waals surface area (Å²) in [6.45, 7) is 0. The molecule has 1 aliphatic rings. The van der Waals surface area contributed by atoms with Gasteiger partial charge in [-0.1, -0.05) is 47.5 Å². The molecule has 0 saturated carbocycles. The molecule has 3 rings (SSSR count). The number of imide groups is 1. The molecule has 0 unspecified atom stereocenters. The van der Waals surface area contributed by atoms with Crippen LogP contribution in [0.5, 0.6) is 0 Å². The van der Waals surface area contributed by atoms with Gasteiger partial charge in [-0.25, -0.2) is 9.69 Å². The molecule has 0 aliphatic carbocycles. The van der Waals surface area contributed by atoms with Crippen LogP contribution in [0.25, 0.3) is 6.08 Å². The van der Waals surface area contributed by atoms with E-state index in [1.807, 2.05) is 6.07 Å². The van der Waals surface area contributed by atoms with Crippen LogP contribution in [0.2, 0.25) is 10.0 Å². The summed E-state index contributed by atoms with van der Waals surface area (Å²) < 4.78 is 0. The fourth-order valence-corrected chi connectivity index (χ4v) is 2.58. The molecule has 22 heavy (non-hydrogen) atoms. The number of carbonyl (C=O) groups is 2. The lowest BCUT2D eigenvalue weighted by atomic mass is 10.2. The fourth-order valence-electron chi connectivity index (χ4n) is 2.12. The average molecular weight is 333 g/mol. The van der Waals surface area contributed by atoms with Gasteiger partial charge in [0.2, 0.25) is 0 Å². The number of anilines is 1. The first kappa shape index (κ1) is 14.6. The third-order valence-electron chi connectivity index (χ3n) is 3.15. The van der Waals surface area contributed by atoms with Gasteiger partial charge in [0.25, 0.3) is 5.91 Å². The van der Waals surface area contributed by atoms with E-state index in [1.54, 1.807) is 42.5 Å². The fraction of sp³-hybridized carbons (Fsp3) is 0. The average Bonchev–Trinajstić information content (AvgIpc) is 2.77. The van der Waals surface area contributed by atoms with Crippen LogP contribution in [0, 0.1) is 0 Å². The number of benzene rings is 2. The monoisotopic (exact) mass is 332 g/mol. The van der Waals surface area contributed by atoms with Crippen LogP contribution in [-0.4, -0.2) is 11.9 Å². The molecule has 0 bridgehead atoms. The van der Waals surface area contributed by atoms with Crippen molar-refractivity contribution in [1.29, 1.82) is 0 Å². The number of nitrogens with zero attached hydrogens (tertiary/aromatic N) is 1. The summed E-state index contributed by atoms with van der Waals surface area (Å²) in [4.78, 5) is 25.5. The lowest BCUT2D eigenvalue weighted by Gasteiger charge is -2.10. The predicted octanol–water partition coefficient (Wildman–Crippen LogP) is 4.09. The zero-order valence-electron chi connectivity index (χ0n) is 11.2. The van der Waals surface area contributed by atoms with Crippen molar-refractivity contribution in [3.05, 3.63) is 69.8 Å². The van der Waals surface area contributed by atoms with Gasteiger partial charge < -0.3 is 5.32 Å². The number of nitrogens with one attached hydrogen (secondary N) is 1. The number of hydrogen-bond acceptors (Lipinski definition) is 2. The van der Waals surface area contributed by atoms with E-state index in [1.165, 1.54) is 6.08 Å². The van der Waals surface area contributed by atoms with Crippen LogP contribution < -0.4 is 10.2 Å². The molecular formula is C16H10Cl2N2O2. The molecule has 3 amide bonds. The van der Waals surface area contributed by atoms with Crippen molar-refractivity contribution in [3.8, 4) is 0 Å². The van der Waals surface area contributed by atoms with Gasteiger partial charge in [0.1, 0.15) is 5.70 Å². The Kier molecular flexibility index (Phi) is 3.88. The highest BCUT2D eigenvalue weighted by atomic mass is 35.5. The van der Waals surface area contributed by atoms with Crippen molar-refractivity contribution >= 4 is 46.9 Å². The Morgan fingerprint density at radius 1 is 1.00 bits per heavy atom. The van der Waals surface area contributed by atoms with Crippen molar-refractivity contribution in [3.63, 3.8) is 0 Å². The zero-order chi connectivity index (χ0) is 15.7. The predicted molar refractivity (Wildman–Crippen MR) is 86.9 cm³/mol. The Labute approximate surface area is 136 Å². The second-order valence-electron chi connectivity index (χ2n) is 4.63. The van der Waals surface area contributed by atoms with E-state index in [4.69, 9.17) is 23.2 Å². The number of amides is 3. The minimum atomic E-state index is -0.493. The third-order valence-corrected chi connectivity index (χ3v) is 3.72. The quantitative estimate of drug-likeness (QED) is 0.665. The molecule has 2 aromatic rings. The molecular weight excluding hydrogens is 323 g/mol. The van der Waals surface area contributed by atoms with Crippen LogP contribution in [0.1, 0.15) is 5.56 Å². The molecule has 0 atom stereocenters. The van der Waals surface area contributed by atoms with Crippen LogP contribution >= 0.6 is 23.2 Å². The standard InChI is InChI=1S/C16H10Cl2N2O2/c17-11-7-6-10(13(18)9-11)8-14-15(21)20(16(22)19-14)12-4-2-1-3-5-12/h1-9H,(H,19,22)/b14-8-. The minimum Gasteiger partial charge on any atom is -0.302 e. The van der Waals surface area contributed by atoms with E-state index in [0.717, 1.165) is 4.90 Å². The maximum Gasteiger partial charge on any atom is 0.333 e. The largest absolute Gasteiger partial charge is 0.333 e. The molecule has 1 fully saturated rings. The number of rotatable bonds is 2. The molecule has 1 N–H and O–H groups in total. The van der Waals surface area contributed by atoms with Crippen LogP contribution in [0.3, 0.4) is 0 Å². The Hall–Kier alpha value is -2.30. The molecule has 1 aliphatic heterocycles. The zero-order valence-corrected chi connectivity index (χ0v) is 12.7. The molecule has 0 radical (unpaired) electrons. The van der Waals surface area contributed by atoms with Gasteiger partial charge in [-0.15, -0.1) is 0 Å². The van der Waals surface area contributed by atoms with E-state index in [-0.39, 0.29) is 5.70 Å². The highest BCUT2D eigenvalue weighted by Crippen LogP contribution is 2.26. The van der Waals surface area contributed by atoms with Crippen molar-refractivity contribution < 1.29 is 9.59 Å². The summed E-state index contributed by atoms with van der Waals surface area (Å²) in [7, 11) is 0. The smallest absolute Gasteiger partial charge is 0.302 e. The number of para-hydroxylation sites is 1. The highest BCUT2D eigenvalue weighted by Gasteiger charge is 2.34. The van der Waals surface area contributed by atoms with Crippen molar-refractivity contribution in [2.24, 2.45) is 0 Å². The van der Waals surface area contributed by atoms with Gasteiger partial charge in [-0.2, -0.15) is 0 Å². The Morgan fingerprint density at radius 3 is 2.41 bits per heavy atom. The normalized spacial score (nSPS) is 16.3. The molecule has 2 aromatic carbocycles. The SMILES string of the molecule is O=C1N/C(=C\c2ccc(Cl)cc2Cl)C(=O)N1c1ccccc1. The van der Waals surface area contributed by atoms with Gasteiger partial charge in [0, 0.05) is 10.0 Å². The van der Waals surface area contributed by atoms with E-state index in [9.17, 15) is 9.59 Å². The Morgan fingerprint density at radius 2 is 1.73 bits per heavy atom. The summed E-state index contributed by atoms with van der Waals surface area (Å²) in [5.41, 5.74) is 1.28. The van der Waals surface area contributed by atoms with Crippen LogP contribution in [0.15, 0.2) is 54.2 Å². The molecule has 1 heterocycles. The summed E-state index contributed by atoms with van der Waals surface area (Å²) in [6, 6.07) is 13.1. The number of hydrogen-bond donors (Lipinski definition) is 1. The molecule has 0 aromatic heterocycles. The van der Waals surface area contributed by atoms with Crippen LogP contribution in [0.4, 0.5) is 10.5 Å². The van der Waals surface area contributed by atoms with E-state index in [0.29, 0.717) is 21.3 Å². The van der Waals surface area contributed by atoms with E-state index in [2.05, 4.69) is 5.32 Å². The number of urea groups is 1. The first-order chi connectivity index (χ1) is 10.6. The van der Waals surface area contributed by atoms with Gasteiger partial charge in [-0.3, -0.25) is 4.79 Å². The maximum atomic E-state index is 12.4. The molecule has 4 nitrogen and oxygen atoms in total. The van der Waals surface area contributed by atoms with Crippen molar-refractivity contribution in [2.45, 2.75) is 0 Å². The molecule has 0 spiro atoms. The second-order valence-corrected chi connectivity index (χ2v) is 5.47. The van der Waals surface area contributed by atoms with E-state index < -0.39 is 11.9 Å². The first-order valence-corrected chi connectivity index (χ1v) is 7.19. The second kappa shape index (κ2) is 5.83. The molecule has 6 heteroatoms. The van der Waals surface area contributed by atoms with Crippen molar-refractivity contribution in [2.75, 3.05) is 4.90 Å². The maximum absolute atomic E-state index is 12.4. The lowest BCUT2D eigenvalue weighted by molar-refractivity contribution is -0.113. The number of halogens is 2. The van der Waals surface area contributed by atoms with Gasteiger partial charge in [0.05, 0.1) is 5.69 Å². The Bertz CT molecular complexity index is 788. The van der Waals surface area contributed by atoms with Crippen molar-refractivity contribution in [1.82, 2.24) is 5.32 Å². The minimum absolute atomic E-state index is 0.165. The topological polar surface area (TPSA) is 49.4 Å². The summed E-state index contributed by atoms with van der Waals surface area (Å²) in [5, 5.41) is 3.45. The number of carbonyl (C=O) groups excluding carboxylic acids is 2. The summed E-state index contributed by atoms with van der Waals surface area (Å²) >= 11 is 11.9. The van der Waals surface area contributed by atoms with Gasteiger partial charge in [0.15, 0.2) is 0 Å². The highest BCUT2D eigenvalue weighted by molar-refractivity contribution is 6.36.